The molecule has 0 fully saturated rings. The van der Waals surface area contributed by atoms with Gasteiger partial charge in [0.1, 0.15) is 17.6 Å². The van der Waals surface area contributed by atoms with E-state index in [0.29, 0.717) is 23.0 Å². The van der Waals surface area contributed by atoms with E-state index < -0.39 is 6.04 Å². The Labute approximate surface area is 215 Å². The Morgan fingerprint density at radius 2 is 1.56 bits per heavy atom. The Hall–Kier alpha value is -4.03. The van der Waals surface area contributed by atoms with E-state index >= 15 is 0 Å². The molecule has 4 rings (SSSR count). The molecule has 0 bridgehead atoms. The number of amides is 2. The summed E-state index contributed by atoms with van der Waals surface area (Å²) in [5.74, 6) is 0.629. The van der Waals surface area contributed by atoms with Crippen LogP contribution in [0.4, 0.5) is 0 Å². The van der Waals surface area contributed by atoms with Crippen LogP contribution in [-0.4, -0.2) is 29.4 Å². The summed E-state index contributed by atoms with van der Waals surface area (Å²) in [7, 11) is 0. The summed E-state index contributed by atoms with van der Waals surface area (Å²) in [4.78, 5) is 28.6. The maximum atomic E-state index is 13.5. The predicted molar refractivity (Wildman–Crippen MR) is 138 cm³/mol. The molecule has 6 nitrogen and oxygen atoms in total. The number of carbonyl (C=O) groups is 2. The lowest BCUT2D eigenvalue weighted by atomic mass is 10.0. The van der Waals surface area contributed by atoms with Crippen LogP contribution in [0.15, 0.2) is 108 Å². The van der Waals surface area contributed by atoms with Crippen LogP contribution in [0.1, 0.15) is 16.9 Å². The zero-order valence-electron chi connectivity index (χ0n) is 19.7. The molecule has 7 heteroatoms. The van der Waals surface area contributed by atoms with Gasteiger partial charge in [0.05, 0.1) is 12.8 Å². The maximum absolute atomic E-state index is 13.5. The van der Waals surface area contributed by atoms with Gasteiger partial charge in [0.2, 0.25) is 5.91 Å². The minimum absolute atomic E-state index is 0.200. The maximum Gasteiger partial charge on any atom is 0.261 e. The Morgan fingerprint density at radius 3 is 2.22 bits per heavy atom. The van der Waals surface area contributed by atoms with E-state index in [1.54, 1.807) is 47.6 Å². The number of rotatable bonds is 11. The van der Waals surface area contributed by atoms with Crippen LogP contribution < -0.4 is 10.1 Å². The first-order valence-electron chi connectivity index (χ1n) is 11.6. The monoisotopic (exact) mass is 502 g/mol. The van der Waals surface area contributed by atoms with E-state index in [1.807, 2.05) is 60.7 Å². The van der Waals surface area contributed by atoms with Crippen molar-refractivity contribution in [2.75, 3.05) is 6.61 Å². The molecule has 0 saturated carbocycles. The second-order valence-electron chi connectivity index (χ2n) is 8.25. The number of benzene rings is 3. The molecule has 0 spiro atoms. The average molecular weight is 503 g/mol. The van der Waals surface area contributed by atoms with Gasteiger partial charge in [0.15, 0.2) is 6.61 Å². The van der Waals surface area contributed by atoms with Crippen LogP contribution in [0.2, 0.25) is 5.02 Å². The van der Waals surface area contributed by atoms with E-state index in [4.69, 9.17) is 20.8 Å². The Balaban J connectivity index is 1.60. The molecule has 0 aliphatic rings. The van der Waals surface area contributed by atoms with Crippen molar-refractivity contribution in [1.29, 1.82) is 0 Å². The van der Waals surface area contributed by atoms with Gasteiger partial charge in [0.25, 0.3) is 5.91 Å². The molecular weight excluding hydrogens is 476 g/mol. The number of nitrogens with one attached hydrogen (secondary N) is 1. The summed E-state index contributed by atoms with van der Waals surface area (Å²) in [6, 6.07) is 28.8. The van der Waals surface area contributed by atoms with Crippen molar-refractivity contribution >= 4 is 23.4 Å². The minimum Gasteiger partial charge on any atom is -0.484 e. The molecule has 1 atom stereocenters. The van der Waals surface area contributed by atoms with Gasteiger partial charge in [-0.15, -0.1) is 0 Å². The van der Waals surface area contributed by atoms with E-state index in [9.17, 15) is 9.59 Å². The third kappa shape index (κ3) is 7.23. The van der Waals surface area contributed by atoms with Crippen LogP contribution in [0.25, 0.3) is 0 Å². The molecule has 3 aromatic carbocycles. The number of hydrogen-bond donors (Lipinski definition) is 1. The van der Waals surface area contributed by atoms with E-state index in [-0.39, 0.29) is 31.5 Å². The second-order valence-corrected chi connectivity index (χ2v) is 8.69. The normalized spacial score (nSPS) is 11.5. The Bertz CT molecular complexity index is 1230. The lowest BCUT2D eigenvalue weighted by Gasteiger charge is -2.31. The lowest BCUT2D eigenvalue weighted by molar-refractivity contribution is -0.142. The molecule has 0 aliphatic carbocycles. The fourth-order valence-electron chi connectivity index (χ4n) is 3.79. The first-order chi connectivity index (χ1) is 17.6. The molecular formula is C29H27ClN2O4. The summed E-state index contributed by atoms with van der Waals surface area (Å²) in [6.45, 7) is 0.245. The molecule has 0 saturated heterocycles. The smallest absolute Gasteiger partial charge is 0.261 e. The predicted octanol–water partition coefficient (Wildman–Crippen LogP) is 5.27. The highest BCUT2D eigenvalue weighted by Gasteiger charge is 2.30. The quantitative estimate of drug-likeness (QED) is 0.303. The van der Waals surface area contributed by atoms with Gasteiger partial charge >= 0.3 is 0 Å². The molecule has 2 amide bonds. The lowest BCUT2D eigenvalue weighted by Crippen LogP contribution is -2.51. The third-order valence-electron chi connectivity index (χ3n) is 5.66. The molecule has 184 valence electrons. The number of nitrogens with zero attached hydrogens (tertiary/aromatic N) is 1. The van der Waals surface area contributed by atoms with Crippen LogP contribution in [-0.2, 0) is 29.1 Å². The summed E-state index contributed by atoms with van der Waals surface area (Å²) in [5.41, 5.74) is 1.79. The minimum atomic E-state index is -0.773. The highest BCUT2D eigenvalue weighted by molar-refractivity contribution is 6.30. The summed E-state index contributed by atoms with van der Waals surface area (Å²) in [6.07, 6.45) is 1.90. The van der Waals surface area contributed by atoms with E-state index in [2.05, 4.69) is 5.32 Å². The average Bonchev–Trinajstić information content (AvgIpc) is 3.44. The Morgan fingerprint density at radius 1 is 0.861 bits per heavy atom. The fourth-order valence-corrected chi connectivity index (χ4v) is 3.92. The molecule has 0 radical (unpaired) electrons. The molecule has 36 heavy (non-hydrogen) atoms. The Kier molecular flexibility index (Phi) is 8.78. The highest BCUT2D eigenvalue weighted by Crippen LogP contribution is 2.18. The zero-order valence-corrected chi connectivity index (χ0v) is 20.4. The zero-order chi connectivity index (χ0) is 25.2. The number of hydrogen-bond acceptors (Lipinski definition) is 4. The van der Waals surface area contributed by atoms with Crippen LogP contribution in [0, 0.1) is 0 Å². The molecule has 0 unspecified atom stereocenters. The van der Waals surface area contributed by atoms with Gasteiger partial charge in [-0.1, -0.05) is 72.3 Å². The van der Waals surface area contributed by atoms with Gasteiger partial charge in [-0.2, -0.15) is 0 Å². The van der Waals surface area contributed by atoms with Gasteiger partial charge in [0, 0.05) is 18.0 Å². The topological polar surface area (TPSA) is 71.8 Å². The van der Waals surface area contributed by atoms with Crippen molar-refractivity contribution in [3.63, 3.8) is 0 Å². The number of halogens is 1. The SMILES string of the molecule is O=C(NCc1ccco1)[C@@H](Cc1ccccc1)N(Cc1ccc(Cl)cc1)C(=O)COc1ccccc1. The summed E-state index contributed by atoms with van der Waals surface area (Å²) >= 11 is 6.07. The van der Waals surface area contributed by atoms with Gasteiger partial charge in [-0.25, -0.2) is 0 Å². The molecule has 1 heterocycles. The van der Waals surface area contributed by atoms with Crippen LogP contribution >= 0.6 is 11.6 Å². The van der Waals surface area contributed by atoms with Crippen molar-refractivity contribution < 1.29 is 18.7 Å². The first kappa shape index (κ1) is 25.1. The number of furan rings is 1. The van der Waals surface area contributed by atoms with Crippen molar-refractivity contribution in [3.8, 4) is 5.75 Å². The largest absolute Gasteiger partial charge is 0.484 e. The van der Waals surface area contributed by atoms with Crippen LogP contribution in [0.5, 0.6) is 5.75 Å². The summed E-state index contributed by atoms with van der Waals surface area (Å²) in [5, 5.41) is 3.52. The van der Waals surface area contributed by atoms with E-state index in [1.165, 1.54) is 0 Å². The number of para-hydroxylation sites is 1. The van der Waals surface area contributed by atoms with Crippen molar-refractivity contribution in [1.82, 2.24) is 10.2 Å². The van der Waals surface area contributed by atoms with Crippen LogP contribution in [0.3, 0.4) is 0 Å². The molecule has 0 aliphatic heterocycles. The van der Waals surface area contributed by atoms with Gasteiger partial charge in [-0.3, -0.25) is 9.59 Å². The summed E-state index contributed by atoms with van der Waals surface area (Å²) < 4.78 is 11.1. The van der Waals surface area contributed by atoms with Gasteiger partial charge < -0.3 is 19.4 Å². The van der Waals surface area contributed by atoms with Gasteiger partial charge in [-0.05, 0) is 47.5 Å². The molecule has 4 aromatic rings. The number of ether oxygens (including phenoxy) is 1. The second kappa shape index (κ2) is 12.6. The van der Waals surface area contributed by atoms with Crippen molar-refractivity contribution in [2.24, 2.45) is 0 Å². The van der Waals surface area contributed by atoms with E-state index in [0.717, 1.165) is 11.1 Å². The molecule has 1 N–H and O–H groups in total. The highest BCUT2D eigenvalue weighted by atomic mass is 35.5. The fraction of sp³-hybridized carbons (Fsp3) is 0.172. The van der Waals surface area contributed by atoms with Crippen molar-refractivity contribution in [3.05, 3.63) is 125 Å². The van der Waals surface area contributed by atoms with Crippen molar-refractivity contribution in [2.45, 2.75) is 25.6 Å². The third-order valence-corrected chi connectivity index (χ3v) is 5.91. The number of carbonyl (C=O) groups excluding carboxylic acids is 2. The first-order valence-corrected chi connectivity index (χ1v) is 12.0. The standard InChI is InChI=1S/C29H27ClN2O4/c30-24-15-13-23(14-16-24)20-32(28(33)21-36-25-10-5-2-6-11-25)27(18-22-8-3-1-4-9-22)29(34)31-19-26-12-7-17-35-26/h1-17,27H,18-21H2,(H,31,34)/t27-/m1/s1. The molecule has 1 aromatic heterocycles.